The van der Waals surface area contributed by atoms with Crippen molar-refractivity contribution in [3.8, 4) is 11.5 Å². The summed E-state index contributed by atoms with van der Waals surface area (Å²) in [4.78, 5) is 2.36. The molecule has 1 unspecified atom stereocenters. The van der Waals surface area contributed by atoms with Gasteiger partial charge >= 0.3 is 0 Å². The molecular formula is C15H23N3O2. The molecule has 0 radical (unpaired) electrons. The molecule has 0 aromatic heterocycles. The molecule has 20 heavy (non-hydrogen) atoms. The molecule has 1 atom stereocenters. The molecule has 5 heteroatoms. The predicted octanol–water partition coefficient (Wildman–Crippen LogP) is 1.78. The van der Waals surface area contributed by atoms with Gasteiger partial charge in [0.05, 0.1) is 20.1 Å². The minimum Gasteiger partial charge on any atom is -0.493 e. The Morgan fingerprint density at radius 1 is 1.30 bits per heavy atom. The standard InChI is InChI=1S/C15H23N3O2/c1-10(6-15(16)17)18-5-4-11-7-13(19-2)14(20-3)8-12(11)9-18/h7-8,10H,4-6,9H2,1-3H3,(H3,16,17). The third-order valence-electron chi connectivity index (χ3n) is 3.89. The fourth-order valence-electron chi connectivity index (χ4n) is 2.73. The largest absolute Gasteiger partial charge is 0.493 e. The van der Waals surface area contributed by atoms with Crippen LogP contribution in [0.25, 0.3) is 0 Å². The first-order chi connectivity index (χ1) is 9.55. The molecule has 1 aliphatic rings. The Labute approximate surface area is 120 Å². The van der Waals surface area contributed by atoms with Crippen LogP contribution in [0.1, 0.15) is 24.5 Å². The fraction of sp³-hybridized carbons (Fsp3) is 0.533. The summed E-state index contributed by atoms with van der Waals surface area (Å²) in [5.41, 5.74) is 8.08. The van der Waals surface area contributed by atoms with Crippen LogP contribution in [-0.4, -0.2) is 37.5 Å². The lowest BCUT2D eigenvalue weighted by Crippen LogP contribution is -2.39. The van der Waals surface area contributed by atoms with Gasteiger partial charge in [-0.25, -0.2) is 0 Å². The monoisotopic (exact) mass is 277 g/mol. The Balaban J connectivity index is 2.19. The zero-order chi connectivity index (χ0) is 14.7. The van der Waals surface area contributed by atoms with Gasteiger partial charge in [0.15, 0.2) is 11.5 Å². The molecule has 0 saturated carbocycles. The Kier molecular flexibility index (Phi) is 4.49. The topological polar surface area (TPSA) is 71.6 Å². The Bertz CT molecular complexity index is 502. The van der Waals surface area contributed by atoms with Crippen LogP contribution in [0, 0.1) is 5.41 Å². The smallest absolute Gasteiger partial charge is 0.161 e. The van der Waals surface area contributed by atoms with Gasteiger partial charge in [-0.3, -0.25) is 10.3 Å². The number of nitrogens with zero attached hydrogens (tertiary/aromatic N) is 1. The van der Waals surface area contributed by atoms with Crippen molar-refractivity contribution in [1.29, 1.82) is 5.41 Å². The molecule has 0 spiro atoms. The number of hydrogen-bond acceptors (Lipinski definition) is 4. The summed E-state index contributed by atoms with van der Waals surface area (Å²) in [7, 11) is 3.32. The van der Waals surface area contributed by atoms with E-state index in [4.69, 9.17) is 20.6 Å². The number of fused-ring (bicyclic) bond motifs is 1. The van der Waals surface area contributed by atoms with Gasteiger partial charge in [-0.1, -0.05) is 0 Å². The molecule has 1 aromatic rings. The van der Waals surface area contributed by atoms with Crippen LogP contribution in [0.2, 0.25) is 0 Å². The molecule has 0 saturated heterocycles. The second-order valence-corrected chi connectivity index (χ2v) is 5.27. The van der Waals surface area contributed by atoms with Crippen LogP contribution in [0.3, 0.4) is 0 Å². The molecule has 1 aliphatic heterocycles. The third-order valence-corrected chi connectivity index (χ3v) is 3.89. The quantitative estimate of drug-likeness (QED) is 0.635. The maximum atomic E-state index is 7.42. The van der Waals surface area contributed by atoms with Gasteiger partial charge in [0, 0.05) is 25.6 Å². The summed E-state index contributed by atoms with van der Waals surface area (Å²) >= 11 is 0. The number of benzene rings is 1. The number of hydrogen-bond donors (Lipinski definition) is 2. The molecule has 110 valence electrons. The Morgan fingerprint density at radius 3 is 2.45 bits per heavy atom. The van der Waals surface area contributed by atoms with Crippen LogP contribution in [0.4, 0.5) is 0 Å². The van der Waals surface area contributed by atoms with E-state index in [2.05, 4.69) is 24.0 Å². The molecule has 0 bridgehead atoms. The van der Waals surface area contributed by atoms with Gasteiger partial charge in [0.25, 0.3) is 0 Å². The zero-order valence-corrected chi connectivity index (χ0v) is 12.4. The highest BCUT2D eigenvalue weighted by Gasteiger charge is 2.23. The number of methoxy groups -OCH3 is 2. The first kappa shape index (κ1) is 14.7. The highest BCUT2D eigenvalue weighted by molar-refractivity contribution is 5.77. The van der Waals surface area contributed by atoms with Gasteiger partial charge in [0.1, 0.15) is 0 Å². The van der Waals surface area contributed by atoms with Gasteiger partial charge in [0.2, 0.25) is 0 Å². The van der Waals surface area contributed by atoms with Crippen molar-refractivity contribution in [3.63, 3.8) is 0 Å². The maximum Gasteiger partial charge on any atom is 0.161 e. The van der Waals surface area contributed by atoms with E-state index < -0.39 is 0 Å². The molecule has 1 aromatic carbocycles. The number of nitrogens with one attached hydrogen (secondary N) is 1. The zero-order valence-electron chi connectivity index (χ0n) is 12.4. The first-order valence-electron chi connectivity index (χ1n) is 6.86. The van der Waals surface area contributed by atoms with E-state index in [9.17, 15) is 0 Å². The van der Waals surface area contributed by atoms with Crippen LogP contribution >= 0.6 is 0 Å². The second-order valence-electron chi connectivity index (χ2n) is 5.27. The van der Waals surface area contributed by atoms with Crippen LogP contribution in [0.5, 0.6) is 11.5 Å². The third kappa shape index (κ3) is 3.04. The van der Waals surface area contributed by atoms with Gasteiger partial charge in [-0.15, -0.1) is 0 Å². The molecule has 0 aliphatic carbocycles. The van der Waals surface area contributed by atoms with Gasteiger partial charge < -0.3 is 15.2 Å². The molecular weight excluding hydrogens is 254 g/mol. The van der Waals surface area contributed by atoms with E-state index in [1.807, 2.05) is 0 Å². The average Bonchev–Trinajstić information content (AvgIpc) is 2.44. The number of rotatable bonds is 5. The van der Waals surface area contributed by atoms with E-state index in [-0.39, 0.29) is 11.9 Å². The Hall–Kier alpha value is -1.75. The highest BCUT2D eigenvalue weighted by Crippen LogP contribution is 2.33. The number of nitrogens with two attached hydrogens (primary N) is 1. The summed E-state index contributed by atoms with van der Waals surface area (Å²) in [6, 6.07) is 4.41. The molecule has 0 fully saturated rings. The average molecular weight is 277 g/mol. The summed E-state index contributed by atoms with van der Waals surface area (Å²) in [5, 5.41) is 7.42. The maximum absolute atomic E-state index is 7.42. The molecule has 1 heterocycles. The van der Waals surface area contributed by atoms with E-state index >= 15 is 0 Å². The lowest BCUT2D eigenvalue weighted by molar-refractivity contribution is 0.194. The van der Waals surface area contributed by atoms with Crippen molar-refractivity contribution in [2.75, 3.05) is 20.8 Å². The summed E-state index contributed by atoms with van der Waals surface area (Å²) in [5.74, 6) is 1.81. The minimum atomic E-state index is 0.246. The van der Waals surface area contributed by atoms with Gasteiger partial charge in [-0.05, 0) is 36.6 Å². The first-order valence-corrected chi connectivity index (χ1v) is 6.86. The highest BCUT2D eigenvalue weighted by atomic mass is 16.5. The second kappa shape index (κ2) is 6.13. The molecule has 5 nitrogen and oxygen atoms in total. The summed E-state index contributed by atoms with van der Waals surface area (Å²) < 4.78 is 10.7. The molecule has 0 amide bonds. The van der Waals surface area contributed by atoms with Crippen molar-refractivity contribution in [3.05, 3.63) is 23.3 Å². The van der Waals surface area contributed by atoms with Crippen LogP contribution in [-0.2, 0) is 13.0 Å². The minimum absolute atomic E-state index is 0.246. The van der Waals surface area contributed by atoms with Crippen molar-refractivity contribution in [2.24, 2.45) is 5.73 Å². The Morgan fingerprint density at radius 2 is 1.90 bits per heavy atom. The summed E-state index contributed by atoms with van der Waals surface area (Å²) in [6.45, 7) is 3.97. The normalized spacial score (nSPS) is 16.4. The van der Waals surface area contributed by atoms with E-state index in [0.29, 0.717) is 6.42 Å². The number of amidine groups is 1. The molecule has 2 rings (SSSR count). The summed E-state index contributed by atoms with van der Waals surface area (Å²) in [6.07, 6.45) is 1.60. The lowest BCUT2D eigenvalue weighted by atomic mass is 9.97. The van der Waals surface area contributed by atoms with Crippen LogP contribution in [0.15, 0.2) is 12.1 Å². The van der Waals surface area contributed by atoms with Gasteiger partial charge in [-0.2, -0.15) is 0 Å². The predicted molar refractivity (Wildman–Crippen MR) is 79.7 cm³/mol. The lowest BCUT2D eigenvalue weighted by Gasteiger charge is -2.34. The van der Waals surface area contributed by atoms with Crippen molar-refractivity contribution in [2.45, 2.75) is 32.4 Å². The van der Waals surface area contributed by atoms with E-state index in [0.717, 1.165) is 31.0 Å². The van der Waals surface area contributed by atoms with E-state index in [1.165, 1.54) is 11.1 Å². The fourth-order valence-corrected chi connectivity index (χ4v) is 2.73. The van der Waals surface area contributed by atoms with Crippen molar-refractivity contribution in [1.82, 2.24) is 4.90 Å². The molecule has 3 N–H and O–H groups in total. The van der Waals surface area contributed by atoms with Crippen molar-refractivity contribution < 1.29 is 9.47 Å². The SMILES string of the molecule is COc1cc2c(cc1OC)CN(C(C)CC(=N)N)CC2. The van der Waals surface area contributed by atoms with Crippen LogP contribution < -0.4 is 15.2 Å². The van der Waals surface area contributed by atoms with E-state index in [1.54, 1.807) is 14.2 Å². The number of ether oxygens (including phenoxy) is 2. The van der Waals surface area contributed by atoms with Crippen molar-refractivity contribution >= 4 is 5.84 Å².